The summed E-state index contributed by atoms with van der Waals surface area (Å²) in [4.78, 5) is 23.7. The van der Waals surface area contributed by atoms with Crippen LogP contribution in [0.4, 0.5) is 5.69 Å². The topological polar surface area (TPSA) is 67.4 Å². The van der Waals surface area contributed by atoms with Crippen LogP contribution in [0.1, 0.15) is 36.0 Å². The zero-order valence-electron chi connectivity index (χ0n) is 12.1. The first kappa shape index (κ1) is 14.1. The fraction of sp³-hybridized carbons (Fsp3) is 0.500. The third kappa shape index (κ3) is 2.49. The van der Waals surface area contributed by atoms with E-state index >= 15 is 0 Å². The van der Waals surface area contributed by atoms with Crippen LogP contribution in [0.3, 0.4) is 0 Å². The van der Waals surface area contributed by atoms with E-state index in [1.54, 1.807) is 12.1 Å². The Bertz CT molecular complexity index is 662. The maximum atomic E-state index is 12.4. The molecule has 2 amide bonds. The Hall–Kier alpha value is -1.56. The molecule has 2 fully saturated rings. The van der Waals surface area contributed by atoms with Crippen LogP contribution in [-0.4, -0.2) is 25.0 Å². The number of halogens is 1. The second-order valence-electron chi connectivity index (χ2n) is 6.65. The average Bonchev–Trinajstić information content (AvgIpc) is 3.23. The van der Waals surface area contributed by atoms with E-state index in [0.29, 0.717) is 32.8 Å². The molecule has 4 rings (SSSR count). The largest absolute Gasteiger partial charge is 0.482 e. The molecule has 1 aromatic carbocycles. The lowest BCUT2D eigenvalue weighted by molar-refractivity contribution is -0.118. The summed E-state index contributed by atoms with van der Waals surface area (Å²) in [5.74, 6) is 0.870. The smallest absolute Gasteiger partial charge is 0.262 e. The Balaban J connectivity index is 1.42. The second kappa shape index (κ2) is 4.98. The summed E-state index contributed by atoms with van der Waals surface area (Å²) in [6, 6.07) is 3.39. The number of amides is 2. The first-order valence-electron chi connectivity index (χ1n) is 7.59. The summed E-state index contributed by atoms with van der Waals surface area (Å²) in [5, 5.41) is 5.74. The lowest BCUT2D eigenvalue weighted by Gasteiger charge is -2.35. The van der Waals surface area contributed by atoms with E-state index in [1.165, 1.54) is 25.7 Å². The molecule has 116 valence electrons. The van der Waals surface area contributed by atoms with Gasteiger partial charge in [-0.1, -0.05) is 0 Å². The van der Waals surface area contributed by atoms with Crippen molar-refractivity contribution in [2.75, 3.05) is 18.5 Å². The molecule has 0 saturated heterocycles. The van der Waals surface area contributed by atoms with Crippen LogP contribution in [0, 0.1) is 11.3 Å². The van der Waals surface area contributed by atoms with Gasteiger partial charge < -0.3 is 15.4 Å². The van der Waals surface area contributed by atoms with Crippen LogP contribution in [-0.2, 0) is 4.79 Å². The molecule has 0 radical (unpaired) electrons. The summed E-state index contributed by atoms with van der Waals surface area (Å²) in [6.07, 6.45) is 5.26. The van der Waals surface area contributed by atoms with Crippen molar-refractivity contribution in [3.05, 3.63) is 22.2 Å². The van der Waals surface area contributed by atoms with Gasteiger partial charge in [0.2, 0.25) is 0 Å². The van der Waals surface area contributed by atoms with E-state index in [2.05, 4.69) is 26.6 Å². The molecule has 0 unspecified atom stereocenters. The van der Waals surface area contributed by atoms with Crippen molar-refractivity contribution in [2.24, 2.45) is 11.3 Å². The number of hydrogen-bond acceptors (Lipinski definition) is 3. The van der Waals surface area contributed by atoms with Gasteiger partial charge in [-0.05, 0) is 65.1 Å². The zero-order chi connectivity index (χ0) is 15.3. The normalized spacial score (nSPS) is 21.4. The van der Waals surface area contributed by atoms with Gasteiger partial charge in [0.1, 0.15) is 5.75 Å². The molecule has 2 saturated carbocycles. The summed E-state index contributed by atoms with van der Waals surface area (Å²) in [5.41, 5.74) is 1.79. The van der Waals surface area contributed by atoms with Crippen LogP contribution < -0.4 is 15.4 Å². The van der Waals surface area contributed by atoms with Gasteiger partial charge in [0.25, 0.3) is 11.8 Å². The van der Waals surface area contributed by atoms with Crippen LogP contribution in [0.25, 0.3) is 0 Å². The van der Waals surface area contributed by atoms with Gasteiger partial charge in [0, 0.05) is 11.0 Å². The Kier molecular flexibility index (Phi) is 3.18. The van der Waals surface area contributed by atoms with E-state index in [0.717, 1.165) is 6.54 Å². The van der Waals surface area contributed by atoms with Gasteiger partial charge in [-0.3, -0.25) is 9.59 Å². The van der Waals surface area contributed by atoms with Crippen molar-refractivity contribution in [3.8, 4) is 5.75 Å². The molecule has 6 heteroatoms. The molecule has 1 spiro atoms. The number of carbonyl (C=O) groups is 2. The molecule has 1 heterocycles. The molecule has 1 aliphatic heterocycles. The number of hydrogen-bond donors (Lipinski definition) is 2. The molecule has 1 aromatic rings. The van der Waals surface area contributed by atoms with Crippen molar-refractivity contribution < 1.29 is 14.3 Å². The highest BCUT2D eigenvalue weighted by molar-refractivity contribution is 9.10. The van der Waals surface area contributed by atoms with E-state index in [4.69, 9.17) is 4.74 Å². The van der Waals surface area contributed by atoms with Crippen molar-refractivity contribution in [2.45, 2.75) is 25.7 Å². The van der Waals surface area contributed by atoms with Crippen LogP contribution >= 0.6 is 15.9 Å². The molecule has 22 heavy (non-hydrogen) atoms. The molecule has 2 aliphatic carbocycles. The fourth-order valence-electron chi connectivity index (χ4n) is 3.50. The van der Waals surface area contributed by atoms with E-state index < -0.39 is 0 Å². The molecular weight excluding hydrogens is 348 g/mol. The van der Waals surface area contributed by atoms with Crippen molar-refractivity contribution in [1.29, 1.82) is 0 Å². The third-order valence-corrected chi connectivity index (χ3v) is 5.55. The molecule has 2 N–H and O–H groups in total. The minimum Gasteiger partial charge on any atom is -0.482 e. The van der Waals surface area contributed by atoms with Gasteiger partial charge in [-0.25, -0.2) is 0 Å². The predicted molar refractivity (Wildman–Crippen MR) is 85.0 cm³/mol. The van der Waals surface area contributed by atoms with E-state index in [1.807, 2.05) is 0 Å². The van der Waals surface area contributed by atoms with E-state index in [-0.39, 0.29) is 18.4 Å². The minimum absolute atomic E-state index is 0.0140. The van der Waals surface area contributed by atoms with Gasteiger partial charge >= 0.3 is 0 Å². The van der Waals surface area contributed by atoms with Crippen LogP contribution in [0.15, 0.2) is 16.6 Å². The summed E-state index contributed by atoms with van der Waals surface area (Å²) in [6.45, 7) is 0.724. The maximum absolute atomic E-state index is 12.4. The third-order valence-electron chi connectivity index (χ3n) is 4.90. The van der Waals surface area contributed by atoms with Crippen LogP contribution in [0.5, 0.6) is 5.75 Å². The SMILES string of the molecule is O=C1COc2cc(C(=O)NCC3CC4(CC4)C3)c(Br)cc2N1. The number of anilines is 1. The average molecular weight is 365 g/mol. The number of rotatable bonds is 3. The van der Waals surface area contributed by atoms with Gasteiger partial charge in [0.15, 0.2) is 6.61 Å². The lowest BCUT2D eigenvalue weighted by atomic mass is 9.72. The van der Waals surface area contributed by atoms with Crippen LogP contribution in [0.2, 0.25) is 0 Å². The standard InChI is InChI=1S/C16H17BrN2O3/c17-11-4-12-13(22-8-14(20)19-12)3-10(11)15(21)18-7-9-5-16(6-9)1-2-16/h3-4,9H,1-2,5-8H2,(H,18,21)(H,19,20). The molecule has 0 atom stereocenters. The molecule has 3 aliphatic rings. The lowest BCUT2D eigenvalue weighted by Crippen LogP contribution is -2.37. The maximum Gasteiger partial charge on any atom is 0.262 e. The Morgan fingerprint density at radius 3 is 2.91 bits per heavy atom. The fourth-order valence-corrected chi connectivity index (χ4v) is 4.02. The predicted octanol–water partition coefficient (Wildman–Crippen LogP) is 2.70. The first-order chi connectivity index (χ1) is 10.5. The summed E-state index contributed by atoms with van der Waals surface area (Å²) in [7, 11) is 0. The molecular formula is C16H17BrN2O3. The molecule has 5 nitrogen and oxygen atoms in total. The van der Waals surface area contributed by atoms with Crippen molar-refractivity contribution in [1.82, 2.24) is 5.32 Å². The Morgan fingerprint density at radius 2 is 2.18 bits per heavy atom. The number of benzene rings is 1. The van der Waals surface area contributed by atoms with Gasteiger partial charge in [0.05, 0.1) is 11.3 Å². The number of ether oxygens (including phenoxy) is 1. The highest BCUT2D eigenvalue weighted by atomic mass is 79.9. The van der Waals surface area contributed by atoms with Gasteiger partial charge in [-0.2, -0.15) is 0 Å². The second-order valence-corrected chi connectivity index (χ2v) is 7.50. The summed E-state index contributed by atoms with van der Waals surface area (Å²) >= 11 is 3.39. The Morgan fingerprint density at radius 1 is 1.41 bits per heavy atom. The number of fused-ring (bicyclic) bond motifs is 1. The Labute approximate surface area is 136 Å². The monoisotopic (exact) mass is 364 g/mol. The molecule has 0 bridgehead atoms. The zero-order valence-corrected chi connectivity index (χ0v) is 13.7. The molecule has 0 aromatic heterocycles. The van der Waals surface area contributed by atoms with E-state index in [9.17, 15) is 9.59 Å². The first-order valence-corrected chi connectivity index (χ1v) is 8.38. The van der Waals surface area contributed by atoms with Gasteiger partial charge in [-0.15, -0.1) is 0 Å². The van der Waals surface area contributed by atoms with Crippen molar-refractivity contribution in [3.63, 3.8) is 0 Å². The summed E-state index contributed by atoms with van der Waals surface area (Å²) < 4.78 is 6.02. The highest BCUT2D eigenvalue weighted by Gasteiger charge is 2.52. The number of nitrogens with one attached hydrogen (secondary N) is 2. The highest BCUT2D eigenvalue weighted by Crippen LogP contribution is 2.63. The minimum atomic E-state index is -0.185. The number of carbonyl (C=O) groups excluding carboxylic acids is 2. The van der Waals surface area contributed by atoms with Crippen molar-refractivity contribution >= 4 is 33.4 Å². The quantitative estimate of drug-likeness (QED) is 0.866.